The van der Waals surface area contributed by atoms with Gasteiger partial charge in [-0.25, -0.2) is 4.68 Å². The number of guanidine groups is 1. The number of aliphatic imine (C=N–C) groups is 1. The second kappa shape index (κ2) is 10.6. The van der Waals surface area contributed by atoms with Gasteiger partial charge >= 0.3 is 0 Å². The van der Waals surface area contributed by atoms with Crippen molar-refractivity contribution in [1.82, 2.24) is 30.2 Å². The van der Waals surface area contributed by atoms with Crippen LogP contribution >= 0.6 is 0 Å². The van der Waals surface area contributed by atoms with E-state index in [4.69, 9.17) is 0 Å². The first-order chi connectivity index (χ1) is 14.6. The molecule has 0 fully saturated rings. The Kier molecular flexibility index (Phi) is 7.65. The van der Waals surface area contributed by atoms with Crippen LogP contribution in [0, 0.1) is 20.8 Å². The van der Waals surface area contributed by atoms with Crippen molar-refractivity contribution in [2.75, 3.05) is 20.1 Å². The van der Waals surface area contributed by atoms with Crippen molar-refractivity contribution in [2.24, 2.45) is 4.99 Å². The van der Waals surface area contributed by atoms with Crippen LogP contribution in [-0.2, 0) is 13.0 Å². The number of benzene rings is 1. The average Bonchev–Trinajstić information content (AvgIpc) is 3.28. The highest BCUT2D eigenvalue weighted by Crippen LogP contribution is 2.13. The number of aromatic nitrogens is 4. The minimum atomic E-state index is 0.847. The molecule has 0 unspecified atom stereocenters. The van der Waals surface area contributed by atoms with Gasteiger partial charge in [-0.1, -0.05) is 18.2 Å². The Morgan fingerprint density at radius 2 is 1.73 bits per heavy atom. The molecule has 1 aromatic carbocycles. The van der Waals surface area contributed by atoms with Crippen molar-refractivity contribution in [3.05, 3.63) is 65.2 Å². The third kappa shape index (κ3) is 5.95. The third-order valence-electron chi connectivity index (χ3n) is 5.10. The molecule has 0 bridgehead atoms. The Hall–Kier alpha value is -3.09. The fourth-order valence-electron chi connectivity index (χ4n) is 3.50. The highest BCUT2D eigenvalue weighted by Gasteiger charge is 2.06. The van der Waals surface area contributed by atoms with E-state index >= 15 is 0 Å². The molecular weight excluding hydrogens is 374 g/mol. The van der Waals surface area contributed by atoms with Crippen molar-refractivity contribution in [3.63, 3.8) is 0 Å². The number of hydrogen-bond donors (Lipinski definition) is 2. The van der Waals surface area contributed by atoms with Crippen LogP contribution in [0.25, 0.3) is 5.69 Å². The van der Waals surface area contributed by atoms with Gasteiger partial charge in [-0.15, -0.1) is 0 Å². The summed E-state index contributed by atoms with van der Waals surface area (Å²) in [5.74, 6) is 0.847. The van der Waals surface area contributed by atoms with E-state index in [2.05, 4.69) is 68.7 Å². The first-order valence-electron chi connectivity index (χ1n) is 10.6. The molecule has 0 spiro atoms. The monoisotopic (exact) mass is 407 g/mol. The Labute approximate surface area is 179 Å². The molecule has 7 nitrogen and oxygen atoms in total. The van der Waals surface area contributed by atoms with Gasteiger partial charge < -0.3 is 10.6 Å². The van der Waals surface area contributed by atoms with Gasteiger partial charge in [0.05, 0.1) is 17.1 Å². The lowest BCUT2D eigenvalue weighted by Gasteiger charge is -2.12. The molecule has 0 aliphatic heterocycles. The lowest BCUT2D eigenvalue weighted by Crippen LogP contribution is -2.38. The van der Waals surface area contributed by atoms with E-state index in [-0.39, 0.29) is 0 Å². The van der Waals surface area contributed by atoms with Gasteiger partial charge in [0, 0.05) is 38.6 Å². The second-order valence-corrected chi connectivity index (χ2v) is 7.55. The van der Waals surface area contributed by atoms with E-state index in [1.165, 1.54) is 11.3 Å². The van der Waals surface area contributed by atoms with Crippen LogP contribution in [0.3, 0.4) is 0 Å². The zero-order chi connectivity index (χ0) is 21.3. The summed E-state index contributed by atoms with van der Waals surface area (Å²) < 4.78 is 4.02. The fraction of sp³-hybridized carbons (Fsp3) is 0.435. The van der Waals surface area contributed by atoms with E-state index in [0.717, 1.165) is 61.9 Å². The summed E-state index contributed by atoms with van der Waals surface area (Å²) in [5.41, 5.74) is 5.75. The summed E-state index contributed by atoms with van der Waals surface area (Å²) in [7, 11) is 1.81. The van der Waals surface area contributed by atoms with Crippen LogP contribution in [0.5, 0.6) is 0 Å². The van der Waals surface area contributed by atoms with E-state index in [1.807, 2.05) is 36.9 Å². The molecule has 7 heteroatoms. The minimum Gasteiger partial charge on any atom is -0.356 e. The molecular formula is C23H33N7. The Balaban J connectivity index is 1.37. The van der Waals surface area contributed by atoms with Crippen LogP contribution in [0.1, 0.15) is 35.5 Å². The van der Waals surface area contributed by atoms with Gasteiger partial charge in [-0.3, -0.25) is 9.67 Å². The van der Waals surface area contributed by atoms with Gasteiger partial charge in [-0.05, 0) is 63.8 Å². The molecule has 3 rings (SSSR count). The van der Waals surface area contributed by atoms with E-state index in [9.17, 15) is 0 Å². The molecule has 160 valence electrons. The molecule has 0 aliphatic carbocycles. The zero-order valence-electron chi connectivity index (χ0n) is 18.5. The number of rotatable bonds is 9. The summed E-state index contributed by atoms with van der Waals surface area (Å²) in [5, 5.41) is 15.9. The molecule has 2 aromatic heterocycles. The predicted octanol–water partition coefficient (Wildman–Crippen LogP) is 3.18. The Bertz CT molecular complexity index is 953. The number of hydrogen-bond acceptors (Lipinski definition) is 3. The lowest BCUT2D eigenvalue weighted by atomic mass is 10.1. The largest absolute Gasteiger partial charge is 0.356 e. The molecule has 3 aromatic rings. The van der Waals surface area contributed by atoms with Crippen LogP contribution < -0.4 is 10.6 Å². The smallest absolute Gasteiger partial charge is 0.190 e. The molecule has 0 radical (unpaired) electrons. The van der Waals surface area contributed by atoms with Crippen molar-refractivity contribution >= 4 is 5.96 Å². The molecule has 0 saturated carbocycles. The highest BCUT2D eigenvalue weighted by atomic mass is 15.3. The second-order valence-electron chi connectivity index (χ2n) is 7.55. The lowest BCUT2D eigenvalue weighted by molar-refractivity contribution is 0.555. The van der Waals surface area contributed by atoms with Crippen LogP contribution in [-0.4, -0.2) is 45.7 Å². The number of nitrogens with zero attached hydrogens (tertiary/aromatic N) is 5. The minimum absolute atomic E-state index is 0.847. The van der Waals surface area contributed by atoms with E-state index < -0.39 is 0 Å². The standard InChI is InChI=1S/C23H33N7/c1-18-16-19(2)29(27-18)15-9-14-26-23(24-4)25-13-8-10-21-17-30(28-20(21)3)22-11-6-5-7-12-22/h5-7,11-12,16-17H,8-10,13-15H2,1-4H3,(H2,24,25,26). The van der Waals surface area contributed by atoms with Crippen LogP contribution in [0.4, 0.5) is 0 Å². The molecule has 0 amide bonds. The number of para-hydroxylation sites is 1. The van der Waals surface area contributed by atoms with Gasteiger partial charge in [0.25, 0.3) is 0 Å². The summed E-state index contributed by atoms with van der Waals surface area (Å²) in [6.07, 6.45) is 5.14. The van der Waals surface area contributed by atoms with Crippen molar-refractivity contribution in [1.29, 1.82) is 0 Å². The van der Waals surface area contributed by atoms with Crippen molar-refractivity contribution < 1.29 is 0 Å². The van der Waals surface area contributed by atoms with Crippen LogP contribution in [0.2, 0.25) is 0 Å². The van der Waals surface area contributed by atoms with Gasteiger partial charge in [0.1, 0.15) is 0 Å². The molecule has 0 atom stereocenters. The van der Waals surface area contributed by atoms with Gasteiger partial charge in [0.2, 0.25) is 0 Å². The number of aryl methyl sites for hydroxylation is 5. The number of nitrogens with one attached hydrogen (secondary N) is 2. The molecule has 2 N–H and O–H groups in total. The maximum Gasteiger partial charge on any atom is 0.190 e. The SMILES string of the molecule is CN=C(NCCCc1cn(-c2ccccc2)nc1C)NCCCn1nc(C)cc1C. The zero-order valence-corrected chi connectivity index (χ0v) is 18.5. The van der Waals surface area contributed by atoms with Crippen molar-refractivity contribution in [2.45, 2.75) is 46.6 Å². The van der Waals surface area contributed by atoms with Crippen LogP contribution in [0.15, 0.2) is 47.6 Å². The van der Waals surface area contributed by atoms with Gasteiger partial charge in [0.15, 0.2) is 5.96 Å². The quantitative estimate of drug-likeness (QED) is 0.325. The summed E-state index contributed by atoms with van der Waals surface area (Å²) in [6, 6.07) is 12.3. The summed E-state index contributed by atoms with van der Waals surface area (Å²) in [4.78, 5) is 4.32. The Morgan fingerprint density at radius 3 is 2.40 bits per heavy atom. The third-order valence-corrected chi connectivity index (χ3v) is 5.10. The van der Waals surface area contributed by atoms with E-state index in [1.54, 1.807) is 0 Å². The first kappa shape index (κ1) is 21.6. The average molecular weight is 408 g/mol. The maximum atomic E-state index is 4.65. The van der Waals surface area contributed by atoms with E-state index in [0.29, 0.717) is 0 Å². The van der Waals surface area contributed by atoms with Crippen molar-refractivity contribution in [3.8, 4) is 5.69 Å². The fourth-order valence-corrected chi connectivity index (χ4v) is 3.50. The molecule has 2 heterocycles. The first-order valence-corrected chi connectivity index (χ1v) is 10.6. The van der Waals surface area contributed by atoms with Gasteiger partial charge in [-0.2, -0.15) is 10.2 Å². The maximum absolute atomic E-state index is 4.65. The topological polar surface area (TPSA) is 72.1 Å². The summed E-state index contributed by atoms with van der Waals surface area (Å²) >= 11 is 0. The Morgan fingerprint density at radius 1 is 1.00 bits per heavy atom. The highest BCUT2D eigenvalue weighted by molar-refractivity contribution is 5.79. The molecule has 0 aliphatic rings. The normalized spacial score (nSPS) is 11.7. The summed E-state index contributed by atoms with van der Waals surface area (Å²) in [6.45, 7) is 8.84. The molecule has 0 saturated heterocycles. The predicted molar refractivity (Wildman–Crippen MR) is 122 cm³/mol. The molecule has 30 heavy (non-hydrogen) atoms.